The highest BCUT2D eigenvalue weighted by molar-refractivity contribution is 6.13. The second-order valence-electron chi connectivity index (χ2n) is 5.93. The molecule has 1 heterocycles. The normalized spacial score (nSPS) is 11.1. The quantitative estimate of drug-likeness (QED) is 0.645. The highest BCUT2D eigenvalue weighted by atomic mass is 19.1. The Labute approximate surface area is 141 Å². The van der Waals surface area contributed by atoms with E-state index in [9.17, 15) is 4.39 Å². The van der Waals surface area contributed by atoms with Crippen molar-refractivity contribution >= 4 is 11.5 Å². The van der Waals surface area contributed by atoms with Crippen molar-refractivity contribution in [1.29, 1.82) is 0 Å². The minimum Gasteiger partial charge on any atom is -0.259 e. The SMILES string of the molecule is CC(C)(F)c1cncc(N=C(c2ccccc2)c2ccccc2)n1. The Morgan fingerprint density at radius 3 is 1.92 bits per heavy atom. The lowest BCUT2D eigenvalue weighted by Crippen LogP contribution is -2.12. The van der Waals surface area contributed by atoms with Crippen LogP contribution in [-0.4, -0.2) is 15.7 Å². The van der Waals surface area contributed by atoms with Crippen molar-refractivity contribution in [2.75, 3.05) is 0 Å². The maximum absolute atomic E-state index is 14.1. The summed E-state index contributed by atoms with van der Waals surface area (Å²) in [5.41, 5.74) is 1.42. The summed E-state index contributed by atoms with van der Waals surface area (Å²) in [5.74, 6) is 0.390. The fourth-order valence-electron chi connectivity index (χ4n) is 2.30. The van der Waals surface area contributed by atoms with Gasteiger partial charge in [0, 0.05) is 11.1 Å². The van der Waals surface area contributed by atoms with Gasteiger partial charge < -0.3 is 0 Å². The summed E-state index contributed by atoms with van der Waals surface area (Å²) in [6.07, 6.45) is 2.98. The molecule has 3 nitrogen and oxygen atoms in total. The molecule has 0 saturated carbocycles. The first-order valence-electron chi connectivity index (χ1n) is 7.75. The van der Waals surface area contributed by atoms with Crippen LogP contribution in [0.5, 0.6) is 0 Å². The molecular weight excluding hydrogens is 301 g/mol. The lowest BCUT2D eigenvalue weighted by atomic mass is 10.0. The molecule has 24 heavy (non-hydrogen) atoms. The molecule has 3 aromatic rings. The van der Waals surface area contributed by atoms with Gasteiger partial charge in [-0.05, 0) is 13.8 Å². The molecule has 0 spiro atoms. The van der Waals surface area contributed by atoms with Crippen molar-refractivity contribution in [1.82, 2.24) is 9.97 Å². The Kier molecular flexibility index (Phi) is 4.47. The van der Waals surface area contributed by atoms with Crippen molar-refractivity contribution in [2.45, 2.75) is 19.5 Å². The number of rotatable bonds is 4. The number of hydrogen-bond acceptors (Lipinski definition) is 3. The van der Waals surface area contributed by atoms with Gasteiger partial charge in [0.1, 0.15) is 5.67 Å². The molecule has 120 valence electrons. The average Bonchev–Trinajstić information content (AvgIpc) is 2.61. The molecule has 0 N–H and O–H groups in total. The van der Waals surface area contributed by atoms with Crippen molar-refractivity contribution in [3.05, 3.63) is 89.9 Å². The van der Waals surface area contributed by atoms with Crippen LogP contribution in [0.4, 0.5) is 10.2 Å². The first kappa shape index (κ1) is 16.0. The number of aliphatic imine (C=N–C) groups is 1. The third-order valence-electron chi connectivity index (χ3n) is 3.55. The molecule has 0 aliphatic rings. The smallest absolute Gasteiger partial charge is 0.171 e. The first-order chi connectivity index (χ1) is 11.5. The zero-order valence-electron chi connectivity index (χ0n) is 13.6. The Balaban J connectivity index is 2.11. The van der Waals surface area contributed by atoms with Crippen molar-refractivity contribution in [3.8, 4) is 0 Å². The molecule has 2 aromatic carbocycles. The van der Waals surface area contributed by atoms with E-state index in [1.807, 2.05) is 60.7 Å². The zero-order chi connectivity index (χ0) is 17.0. The van der Waals surface area contributed by atoms with Crippen LogP contribution in [0.25, 0.3) is 0 Å². The minimum atomic E-state index is -1.56. The maximum Gasteiger partial charge on any atom is 0.171 e. The van der Waals surface area contributed by atoms with Gasteiger partial charge in [0.25, 0.3) is 0 Å². The number of alkyl halides is 1. The van der Waals surface area contributed by atoms with Crippen LogP contribution in [-0.2, 0) is 5.67 Å². The van der Waals surface area contributed by atoms with Gasteiger partial charge in [-0.25, -0.2) is 14.4 Å². The molecular formula is C20H18FN3. The molecule has 0 fully saturated rings. The maximum atomic E-state index is 14.1. The molecule has 0 saturated heterocycles. The topological polar surface area (TPSA) is 38.1 Å². The van der Waals surface area contributed by atoms with Gasteiger partial charge in [0.2, 0.25) is 0 Å². The lowest BCUT2D eigenvalue weighted by molar-refractivity contribution is 0.214. The van der Waals surface area contributed by atoms with E-state index in [1.165, 1.54) is 20.0 Å². The second-order valence-corrected chi connectivity index (χ2v) is 5.93. The molecule has 1 aromatic heterocycles. The van der Waals surface area contributed by atoms with E-state index >= 15 is 0 Å². The third-order valence-corrected chi connectivity index (χ3v) is 3.55. The van der Waals surface area contributed by atoms with Crippen LogP contribution in [0.3, 0.4) is 0 Å². The molecule has 0 bridgehead atoms. The summed E-state index contributed by atoms with van der Waals surface area (Å²) in [6.45, 7) is 2.92. The van der Waals surface area contributed by atoms with Gasteiger partial charge in [-0.3, -0.25) is 4.98 Å². The van der Waals surface area contributed by atoms with Gasteiger partial charge in [0.05, 0.1) is 23.8 Å². The van der Waals surface area contributed by atoms with Crippen molar-refractivity contribution in [3.63, 3.8) is 0 Å². The average molecular weight is 319 g/mol. The molecule has 3 rings (SSSR count). The standard InChI is InChI=1S/C20H18FN3/c1-20(2,21)17-13-22-14-18(23-17)24-19(15-9-5-3-6-10-15)16-11-7-4-8-12-16/h3-14H,1-2H3. The van der Waals surface area contributed by atoms with Crippen LogP contribution in [0.1, 0.15) is 30.7 Å². The summed E-state index contributed by atoms with van der Waals surface area (Å²) >= 11 is 0. The largest absolute Gasteiger partial charge is 0.259 e. The van der Waals surface area contributed by atoms with E-state index in [-0.39, 0.29) is 5.69 Å². The van der Waals surface area contributed by atoms with Crippen LogP contribution >= 0.6 is 0 Å². The minimum absolute atomic E-state index is 0.268. The predicted octanol–water partition coefficient (Wildman–Crippen LogP) is 4.85. The molecule has 0 aliphatic carbocycles. The van der Waals surface area contributed by atoms with Gasteiger partial charge in [-0.1, -0.05) is 60.7 Å². The van der Waals surface area contributed by atoms with Crippen molar-refractivity contribution in [2.24, 2.45) is 4.99 Å². The van der Waals surface area contributed by atoms with E-state index in [4.69, 9.17) is 0 Å². The number of nitrogens with zero attached hydrogens (tertiary/aromatic N) is 3. The van der Waals surface area contributed by atoms with Gasteiger partial charge in [-0.2, -0.15) is 0 Å². The monoisotopic (exact) mass is 319 g/mol. The number of halogens is 1. The summed E-state index contributed by atoms with van der Waals surface area (Å²) < 4.78 is 14.1. The second kappa shape index (κ2) is 6.71. The number of aromatic nitrogens is 2. The Hall–Kier alpha value is -2.88. The van der Waals surface area contributed by atoms with Gasteiger partial charge in [0.15, 0.2) is 5.82 Å². The van der Waals surface area contributed by atoms with E-state index in [0.717, 1.165) is 16.8 Å². The predicted molar refractivity (Wildman–Crippen MR) is 94.3 cm³/mol. The van der Waals surface area contributed by atoms with Crippen molar-refractivity contribution < 1.29 is 4.39 Å². The Morgan fingerprint density at radius 1 is 0.875 bits per heavy atom. The lowest BCUT2D eigenvalue weighted by Gasteiger charge is -2.13. The zero-order valence-corrected chi connectivity index (χ0v) is 13.6. The van der Waals surface area contributed by atoms with Crippen LogP contribution in [0, 0.1) is 0 Å². The molecule has 4 heteroatoms. The van der Waals surface area contributed by atoms with Crippen LogP contribution in [0.2, 0.25) is 0 Å². The Bertz CT molecular complexity index is 796. The Morgan fingerprint density at radius 2 is 1.42 bits per heavy atom. The van der Waals surface area contributed by atoms with Gasteiger partial charge in [-0.15, -0.1) is 0 Å². The van der Waals surface area contributed by atoms with E-state index in [2.05, 4.69) is 15.0 Å². The van der Waals surface area contributed by atoms with Crippen LogP contribution < -0.4 is 0 Å². The summed E-state index contributed by atoms with van der Waals surface area (Å²) in [6, 6.07) is 19.7. The summed E-state index contributed by atoms with van der Waals surface area (Å²) in [7, 11) is 0. The van der Waals surface area contributed by atoms with Gasteiger partial charge >= 0.3 is 0 Å². The first-order valence-corrected chi connectivity index (χ1v) is 7.75. The summed E-state index contributed by atoms with van der Waals surface area (Å²) in [4.78, 5) is 13.0. The van der Waals surface area contributed by atoms with E-state index < -0.39 is 5.67 Å². The molecule has 0 atom stereocenters. The van der Waals surface area contributed by atoms with E-state index in [1.54, 1.807) is 6.20 Å². The molecule has 0 aliphatic heterocycles. The number of benzene rings is 2. The highest BCUT2D eigenvalue weighted by Gasteiger charge is 2.21. The third kappa shape index (κ3) is 3.71. The fourth-order valence-corrected chi connectivity index (χ4v) is 2.30. The molecule has 0 unspecified atom stereocenters. The summed E-state index contributed by atoms with van der Waals surface area (Å²) in [5, 5.41) is 0. The van der Waals surface area contributed by atoms with Crippen LogP contribution in [0.15, 0.2) is 78.0 Å². The fraction of sp³-hybridized carbons (Fsp3) is 0.150. The number of hydrogen-bond donors (Lipinski definition) is 0. The van der Waals surface area contributed by atoms with E-state index in [0.29, 0.717) is 5.82 Å². The molecule has 0 amide bonds. The molecule has 0 radical (unpaired) electrons. The highest BCUT2D eigenvalue weighted by Crippen LogP contribution is 2.24.